The average Bonchev–Trinajstić information content (AvgIpc) is 2.83. The molecule has 9 heteroatoms. The highest BCUT2D eigenvalue weighted by Crippen LogP contribution is 2.39. The van der Waals surface area contributed by atoms with Crippen molar-refractivity contribution in [3.05, 3.63) is 10.7 Å². The lowest BCUT2D eigenvalue weighted by Gasteiger charge is -2.23. The summed E-state index contributed by atoms with van der Waals surface area (Å²) in [4.78, 5) is 24.8. The summed E-state index contributed by atoms with van der Waals surface area (Å²) in [5.41, 5.74) is 5.03. The lowest BCUT2D eigenvalue weighted by atomic mass is 9.95. The number of amides is 2. The zero-order chi connectivity index (χ0) is 15.8. The SMILES string of the molecule is CC1=C(C(=O)N2C[C@@H](C(F)(F)F)[C@H](C(N)=O)C2)SCCO1. The fourth-order valence-corrected chi connectivity index (χ4v) is 3.34. The third-order valence-electron chi connectivity index (χ3n) is 3.56. The lowest BCUT2D eigenvalue weighted by molar-refractivity contribution is -0.182. The minimum Gasteiger partial charge on any atom is -0.496 e. The first-order chi connectivity index (χ1) is 9.71. The van der Waals surface area contributed by atoms with E-state index in [-0.39, 0.29) is 6.54 Å². The summed E-state index contributed by atoms with van der Waals surface area (Å²) in [6, 6.07) is 0. The molecule has 1 fully saturated rings. The molecule has 0 aliphatic carbocycles. The van der Waals surface area contributed by atoms with Crippen LogP contribution in [0.1, 0.15) is 6.92 Å². The Morgan fingerprint density at radius 3 is 2.52 bits per heavy atom. The lowest BCUT2D eigenvalue weighted by Crippen LogP contribution is -2.37. The molecule has 2 aliphatic heterocycles. The molecule has 5 nitrogen and oxygen atoms in total. The summed E-state index contributed by atoms with van der Waals surface area (Å²) in [5, 5.41) is 0. The third-order valence-corrected chi connectivity index (χ3v) is 4.68. The monoisotopic (exact) mass is 324 g/mol. The standard InChI is InChI=1S/C12H15F3N2O3S/c1-6-9(21-3-2-20-6)11(19)17-4-7(10(16)18)8(5-17)12(13,14)15/h7-8H,2-5H2,1H3,(H2,16,18)/t7-,8-/m1/s1. The molecule has 2 rings (SSSR count). The van der Waals surface area contributed by atoms with Gasteiger partial charge in [0.25, 0.3) is 5.91 Å². The maximum Gasteiger partial charge on any atom is 0.394 e. The summed E-state index contributed by atoms with van der Waals surface area (Å²) >= 11 is 1.25. The summed E-state index contributed by atoms with van der Waals surface area (Å²) < 4.78 is 44.1. The molecular formula is C12H15F3N2O3S. The van der Waals surface area contributed by atoms with E-state index in [1.807, 2.05) is 0 Å². The topological polar surface area (TPSA) is 72.6 Å². The number of halogens is 3. The van der Waals surface area contributed by atoms with E-state index in [9.17, 15) is 22.8 Å². The van der Waals surface area contributed by atoms with Crippen molar-refractivity contribution in [3.8, 4) is 0 Å². The van der Waals surface area contributed by atoms with Crippen LogP contribution in [-0.2, 0) is 14.3 Å². The quantitative estimate of drug-likeness (QED) is 0.826. The van der Waals surface area contributed by atoms with Gasteiger partial charge in [-0.2, -0.15) is 13.2 Å². The Morgan fingerprint density at radius 2 is 2.05 bits per heavy atom. The summed E-state index contributed by atoms with van der Waals surface area (Å²) in [6.07, 6.45) is -4.56. The van der Waals surface area contributed by atoms with Gasteiger partial charge in [0.05, 0.1) is 18.4 Å². The molecule has 0 unspecified atom stereocenters. The summed E-state index contributed by atoms with van der Waals surface area (Å²) in [6.45, 7) is 1.20. The van der Waals surface area contributed by atoms with Crippen LogP contribution in [0.2, 0.25) is 0 Å². The van der Waals surface area contributed by atoms with E-state index in [0.717, 1.165) is 4.90 Å². The molecule has 21 heavy (non-hydrogen) atoms. The van der Waals surface area contributed by atoms with E-state index >= 15 is 0 Å². The van der Waals surface area contributed by atoms with Crippen LogP contribution in [-0.4, -0.2) is 48.3 Å². The number of allylic oxidation sites excluding steroid dienone is 1. The molecule has 0 saturated carbocycles. The second kappa shape index (κ2) is 5.78. The second-order valence-corrected chi connectivity index (χ2v) is 6.05. The van der Waals surface area contributed by atoms with Gasteiger partial charge in [-0.05, 0) is 6.92 Å². The van der Waals surface area contributed by atoms with Crippen molar-refractivity contribution in [2.75, 3.05) is 25.4 Å². The third kappa shape index (κ3) is 3.28. The molecule has 2 atom stereocenters. The number of alkyl halides is 3. The van der Waals surface area contributed by atoms with Crippen molar-refractivity contribution in [2.45, 2.75) is 13.1 Å². The van der Waals surface area contributed by atoms with Crippen LogP contribution in [0.15, 0.2) is 10.7 Å². The van der Waals surface area contributed by atoms with E-state index in [1.165, 1.54) is 11.8 Å². The summed E-state index contributed by atoms with van der Waals surface area (Å²) in [7, 11) is 0. The van der Waals surface area contributed by atoms with E-state index in [4.69, 9.17) is 10.5 Å². The Hall–Kier alpha value is -1.38. The van der Waals surface area contributed by atoms with E-state index in [0.29, 0.717) is 23.0 Å². The minimum atomic E-state index is -4.56. The highest BCUT2D eigenvalue weighted by atomic mass is 32.2. The molecular weight excluding hydrogens is 309 g/mol. The van der Waals surface area contributed by atoms with E-state index < -0.39 is 36.4 Å². The number of nitrogens with two attached hydrogens (primary N) is 1. The van der Waals surface area contributed by atoms with Gasteiger partial charge in [0.15, 0.2) is 0 Å². The predicted octanol–water partition coefficient (Wildman–Crippen LogP) is 1.10. The largest absolute Gasteiger partial charge is 0.496 e. The molecule has 0 aromatic carbocycles. The molecule has 0 spiro atoms. The Labute approximate surface area is 123 Å². The van der Waals surface area contributed by atoms with Crippen molar-refractivity contribution in [1.29, 1.82) is 0 Å². The Kier molecular flexibility index (Phi) is 4.40. The smallest absolute Gasteiger partial charge is 0.394 e. The van der Waals surface area contributed by atoms with Crippen molar-refractivity contribution in [2.24, 2.45) is 17.6 Å². The maximum absolute atomic E-state index is 12.9. The van der Waals surface area contributed by atoms with Crippen LogP contribution in [0.25, 0.3) is 0 Å². The fourth-order valence-electron chi connectivity index (χ4n) is 2.45. The van der Waals surface area contributed by atoms with Gasteiger partial charge in [-0.1, -0.05) is 0 Å². The van der Waals surface area contributed by atoms with Gasteiger partial charge in [0.1, 0.15) is 10.7 Å². The Morgan fingerprint density at radius 1 is 1.38 bits per heavy atom. The minimum absolute atomic E-state index is 0.298. The maximum atomic E-state index is 12.9. The van der Waals surface area contributed by atoms with Gasteiger partial charge in [-0.25, -0.2) is 0 Å². The number of carbonyl (C=O) groups is 2. The molecule has 2 aliphatic rings. The molecule has 0 bridgehead atoms. The molecule has 118 valence electrons. The van der Waals surface area contributed by atoms with Crippen molar-refractivity contribution in [1.82, 2.24) is 4.90 Å². The zero-order valence-electron chi connectivity index (χ0n) is 11.3. The molecule has 2 heterocycles. The molecule has 2 N–H and O–H groups in total. The fraction of sp³-hybridized carbons (Fsp3) is 0.667. The number of likely N-dealkylation sites (tertiary alicyclic amines) is 1. The Balaban J connectivity index is 2.19. The molecule has 2 amide bonds. The molecule has 1 saturated heterocycles. The first-order valence-electron chi connectivity index (χ1n) is 6.33. The van der Waals surface area contributed by atoms with Crippen LogP contribution >= 0.6 is 11.8 Å². The van der Waals surface area contributed by atoms with Gasteiger partial charge < -0.3 is 15.4 Å². The van der Waals surface area contributed by atoms with Crippen LogP contribution in [0.4, 0.5) is 13.2 Å². The van der Waals surface area contributed by atoms with Gasteiger partial charge >= 0.3 is 6.18 Å². The number of hydrogen-bond donors (Lipinski definition) is 1. The molecule has 0 aromatic heterocycles. The van der Waals surface area contributed by atoms with Crippen LogP contribution in [0, 0.1) is 11.8 Å². The Bertz CT molecular complexity index is 493. The molecule has 0 radical (unpaired) electrons. The first kappa shape index (κ1) is 16.0. The van der Waals surface area contributed by atoms with Crippen LogP contribution < -0.4 is 5.73 Å². The number of nitrogens with zero attached hydrogens (tertiary/aromatic N) is 1. The predicted molar refractivity (Wildman–Crippen MR) is 69.9 cm³/mol. The number of primary amides is 1. The number of carbonyl (C=O) groups excluding carboxylic acids is 2. The van der Waals surface area contributed by atoms with E-state index in [2.05, 4.69) is 0 Å². The second-order valence-electron chi connectivity index (χ2n) is 4.95. The van der Waals surface area contributed by atoms with Crippen molar-refractivity contribution >= 4 is 23.6 Å². The highest BCUT2D eigenvalue weighted by molar-refractivity contribution is 8.04. The van der Waals surface area contributed by atoms with Gasteiger partial charge in [-0.15, -0.1) is 11.8 Å². The van der Waals surface area contributed by atoms with Gasteiger partial charge in [0.2, 0.25) is 5.91 Å². The number of rotatable bonds is 2. The van der Waals surface area contributed by atoms with Crippen LogP contribution in [0.5, 0.6) is 0 Å². The number of ether oxygens (including phenoxy) is 1. The number of hydrogen-bond acceptors (Lipinski definition) is 4. The number of thioether (sulfide) groups is 1. The normalized spacial score (nSPS) is 26.8. The van der Waals surface area contributed by atoms with Crippen molar-refractivity contribution in [3.63, 3.8) is 0 Å². The van der Waals surface area contributed by atoms with Crippen LogP contribution in [0.3, 0.4) is 0 Å². The summed E-state index contributed by atoms with van der Waals surface area (Å²) in [5.74, 6) is -3.91. The van der Waals surface area contributed by atoms with Crippen molar-refractivity contribution < 1.29 is 27.5 Å². The molecule has 0 aromatic rings. The average molecular weight is 324 g/mol. The first-order valence-corrected chi connectivity index (χ1v) is 7.32. The van der Waals surface area contributed by atoms with E-state index in [1.54, 1.807) is 6.92 Å². The van der Waals surface area contributed by atoms with Gasteiger partial charge in [-0.3, -0.25) is 9.59 Å². The van der Waals surface area contributed by atoms with Gasteiger partial charge in [0, 0.05) is 18.8 Å². The highest BCUT2D eigenvalue weighted by Gasteiger charge is 2.53. The zero-order valence-corrected chi connectivity index (χ0v) is 12.1.